The monoisotopic (exact) mass is 340 g/mol. The van der Waals surface area contributed by atoms with Crippen molar-refractivity contribution in [3.63, 3.8) is 0 Å². The molecule has 6 heteroatoms. The second-order valence-electron chi connectivity index (χ2n) is 6.70. The Morgan fingerprint density at radius 3 is 3.04 bits per heavy atom. The van der Waals surface area contributed by atoms with Crippen molar-refractivity contribution in [1.29, 1.82) is 0 Å². The Bertz CT molecular complexity index is 795. The molecule has 25 heavy (non-hydrogen) atoms. The number of benzene rings is 1. The molecule has 1 aromatic heterocycles. The SMILES string of the molecule is COc1ccc2c(c1)OC[C@]1(C(=O)O)CN(Cc3ccccn3)C[C@H]21. The zero-order valence-corrected chi connectivity index (χ0v) is 14.0. The molecule has 0 radical (unpaired) electrons. The van der Waals surface area contributed by atoms with Crippen molar-refractivity contribution in [2.45, 2.75) is 12.5 Å². The van der Waals surface area contributed by atoms with Crippen molar-refractivity contribution in [2.24, 2.45) is 5.41 Å². The average Bonchev–Trinajstić information content (AvgIpc) is 3.02. The number of hydrogen-bond donors (Lipinski definition) is 1. The minimum atomic E-state index is -0.920. The molecule has 0 aliphatic carbocycles. The van der Waals surface area contributed by atoms with Gasteiger partial charge >= 0.3 is 5.97 Å². The predicted octanol–water partition coefficient (Wildman–Crippen LogP) is 2.15. The van der Waals surface area contributed by atoms with Crippen molar-refractivity contribution in [1.82, 2.24) is 9.88 Å². The number of likely N-dealkylation sites (tertiary alicyclic amines) is 1. The van der Waals surface area contributed by atoms with Crippen molar-refractivity contribution in [3.05, 3.63) is 53.9 Å². The van der Waals surface area contributed by atoms with E-state index in [1.807, 2.05) is 36.4 Å². The summed E-state index contributed by atoms with van der Waals surface area (Å²) in [6.07, 6.45) is 1.76. The highest BCUT2D eigenvalue weighted by atomic mass is 16.5. The minimum Gasteiger partial charge on any atom is -0.497 e. The third kappa shape index (κ3) is 2.62. The molecule has 0 spiro atoms. The molecule has 4 rings (SSSR count). The van der Waals surface area contributed by atoms with Crippen LogP contribution in [0.4, 0.5) is 0 Å². The van der Waals surface area contributed by atoms with E-state index in [-0.39, 0.29) is 12.5 Å². The van der Waals surface area contributed by atoms with Crippen LogP contribution in [0.1, 0.15) is 17.2 Å². The van der Waals surface area contributed by atoms with Gasteiger partial charge in [-0.3, -0.25) is 14.7 Å². The molecule has 2 aliphatic heterocycles. The van der Waals surface area contributed by atoms with Gasteiger partial charge in [-0.1, -0.05) is 12.1 Å². The number of aromatic nitrogens is 1. The number of nitrogens with zero attached hydrogens (tertiary/aromatic N) is 2. The Labute approximate surface area is 146 Å². The smallest absolute Gasteiger partial charge is 0.315 e. The van der Waals surface area contributed by atoms with Crippen LogP contribution in [-0.2, 0) is 11.3 Å². The molecule has 1 fully saturated rings. The zero-order valence-electron chi connectivity index (χ0n) is 14.0. The van der Waals surface area contributed by atoms with Gasteiger partial charge in [-0.25, -0.2) is 0 Å². The van der Waals surface area contributed by atoms with E-state index in [2.05, 4.69) is 9.88 Å². The molecule has 2 aliphatic rings. The largest absolute Gasteiger partial charge is 0.497 e. The van der Waals surface area contributed by atoms with Gasteiger partial charge in [0.15, 0.2) is 0 Å². The van der Waals surface area contributed by atoms with Gasteiger partial charge < -0.3 is 14.6 Å². The highest BCUT2D eigenvalue weighted by Gasteiger charge is 2.56. The third-order valence-corrected chi connectivity index (χ3v) is 5.23. The van der Waals surface area contributed by atoms with Crippen LogP contribution in [0.15, 0.2) is 42.6 Å². The maximum absolute atomic E-state index is 12.1. The number of rotatable bonds is 4. The molecule has 2 aromatic rings. The first-order valence-electron chi connectivity index (χ1n) is 8.29. The van der Waals surface area contributed by atoms with E-state index in [0.717, 1.165) is 17.0 Å². The molecule has 1 saturated heterocycles. The van der Waals surface area contributed by atoms with Crippen molar-refractivity contribution >= 4 is 5.97 Å². The first-order valence-corrected chi connectivity index (χ1v) is 8.29. The van der Waals surface area contributed by atoms with E-state index in [1.54, 1.807) is 13.3 Å². The second kappa shape index (κ2) is 6.04. The van der Waals surface area contributed by atoms with Gasteiger partial charge in [0.25, 0.3) is 0 Å². The van der Waals surface area contributed by atoms with Crippen LogP contribution in [0.25, 0.3) is 0 Å². The summed E-state index contributed by atoms with van der Waals surface area (Å²) in [5, 5.41) is 9.96. The first kappa shape index (κ1) is 15.9. The number of carboxylic acids is 1. The van der Waals surface area contributed by atoms with Crippen LogP contribution in [-0.4, -0.2) is 47.8 Å². The molecule has 1 aromatic carbocycles. The van der Waals surface area contributed by atoms with Crippen LogP contribution in [0.2, 0.25) is 0 Å². The van der Waals surface area contributed by atoms with Crippen molar-refractivity contribution in [2.75, 3.05) is 26.8 Å². The number of ether oxygens (including phenoxy) is 2. The van der Waals surface area contributed by atoms with E-state index >= 15 is 0 Å². The summed E-state index contributed by atoms with van der Waals surface area (Å²) in [4.78, 5) is 18.7. The Morgan fingerprint density at radius 2 is 2.32 bits per heavy atom. The highest BCUT2D eigenvalue weighted by Crippen LogP contribution is 2.50. The van der Waals surface area contributed by atoms with E-state index in [4.69, 9.17) is 9.47 Å². The summed E-state index contributed by atoms with van der Waals surface area (Å²) < 4.78 is 11.1. The number of methoxy groups -OCH3 is 1. The Balaban J connectivity index is 1.66. The number of fused-ring (bicyclic) bond motifs is 3. The summed E-state index contributed by atoms with van der Waals surface area (Å²) in [6, 6.07) is 11.4. The molecule has 130 valence electrons. The molecule has 0 amide bonds. The fourth-order valence-electron chi connectivity index (χ4n) is 3.93. The lowest BCUT2D eigenvalue weighted by atomic mass is 9.73. The van der Waals surface area contributed by atoms with Crippen LogP contribution in [0.3, 0.4) is 0 Å². The van der Waals surface area contributed by atoms with Gasteiger partial charge in [0.1, 0.15) is 23.5 Å². The summed E-state index contributed by atoms with van der Waals surface area (Å²) in [5.74, 6) is 0.525. The lowest BCUT2D eigenvalue weighted by Crippen LogP contribution is -2.45. The van der Waals surface area contributed by atoms with Gasteiger partial charge in [0.2, 0.25) is 0 Å². The van der Waals surface area contributed by atoms with E-state index in [9.17, 15) is 9.90 Å². The van der Waals surface area contributed by atoms with Gasteiger partial charge in [0.05, 0.1) is 12.8 Å². The topological polar surface area (TPSA) is 71.9 Å². The first-order chi connectivity index (χ1) is 12.1. The van der Waals surface area contributed by atoms with Crippen molar-refractivity contribution in [3.8, 4) is 11.5 Å². The molecular weight excluding hydrogens is 320 g/mol. The van der Waals surface area contributed by atoms with E-state index in [0.29, 0.717) is 25.4 Å². The molecule has 0 bridgehead atoms. The van der Waals surface area contributed by atoms with Crippen LogP contribution in [0.5, 0.6) is 11.5 Å². The maximum Gasteiger partial charge on any atom is 0.315 e. The van der Waals surface area contributed by atoms with Gasteiger partial charge in [0, 0.05) is 43.4 Å². The third-order valence-electron chi connectivity index (χ3n) is 5.23. The molecule has 6 nitrogen and oxygen atoms in total. The van der Waals surface area contributed by atoms with Gasteiger partial charge in [-0.15, -0.1) is 0 Å². The normalized spacial score (nSPS) is 24.9. The molecule has 0 saturated carbocycles. The molecule has 1 N–H and O–H groups in total. The number of aliphatic carboxylic acids is 1. The van der Waals surface area contributed by atoms with E-state index in [1.165, 1.54) is 0 Å². The molecular formula is C19H20N2O4. The summed E-state index contributed by atoms with van der Waals surface area (Å²) >= 11 is 0. The van der Waals surface area contributed by atoms with Crippen molar-refractivity contribution < 1.29 is 19.4 Å². The maximum atomic E-state index is 12.1. The minimum absolute atomic E-state index is 0.108. The predicted molar refractivity (Wildman–Crippen MR) is 90.8 cm³/mol. The van der Waals surface area contributed by atoms with Crippen LogP contribution in [0, 0.1) is 5.41 Å². The summed E-state index contributed by atoms with van der Waals surface area (Å²) in [5.41, 5.74) is 0.964. The highest BCUT2D eigenvalue weighted by molar-refractivity contribution is 5.78. The summed E-state index contributed by atoms with van der Waals surface area (Å²) in [7, 11) is 1.61. The fraction of sp³-hybridized carbons (Fsp3) is 0.368. The number of pyridine rings is 1. The number of carboxylic acid groups (broad SMARTS) is 1. The zero-order chi connectivity index (χ0) is 17.4. The fourth-order valence-corrected chi connectivity index (χ4v) is 3.93. The lowest BCUT2D eigenvalue weighted by Gasteiger charge is -2.36. The standard InChI is InChI=1S/C19H20N2O4/c1-24-14-5-6-15-16-10-21(9-13-4-2-3-7-20-13)11-19(16,18(22)23)12-25-17(15)8-14/h2-8,16H,9-12H2,1H3,(H,22,23)/t16-,19-/m1/s1. The Hall–Kier alpha value is -2.60. The number of hydrogen-bond acceptors (Lipinski definition) is 5. The quantitative estimate of drug-likeness (QED) is 0.919. The Morgan fingerprint density at radius 1 is 1.44 bits per heavy atom. The van der Waals surface area contributed by atoms with Crippen LogP contribution >= 0.6 is 0 Å². The Kier molecular flexibility index (Phi) is 3.84. The summed E-state index contributed by atoms with van der Waals surface area (Å²) in [6.45, 7) is 1.93. The molecule has 3 heterocycles. The average molecular weight is 340 g/mol. The number of carbonyl (C=O) groups is 1. The van der Waals surface area contributed by atoms with E-state index < -0.39 is 11.4 Å². The van der Waals surface area contributed by atoms with Crippen LogP contribution < -0.4 is 9.47 Å². The van der Waals surface area contributed by atoms with Gasteiger partial charge in [-0.2, -0.15) is 0 Å². The lowest BCUT2D eigenvalue weighted by molar-refractivity contribution is -0.151. The van der Waals surface area contributed by atoms with Gasteiger partial charge in [-0.05, 0) is 18.2 Å². The molecule has 0 unspecified atom stereocenters. The second-order valence-corrected chi connectivity index (χ2v) is 6.70. The molecule has 2 atom stereocenters.